The zero-order valence-electron chi connectivity index (χ0n) is 6.86. The van der Waals surface area contributed by atoms with E-state index in [0.717, 1.165) is 0 Å². The van der Waals surface area contributed by atoms with Crippen LogP contribution in [0.1, 0.15) is 0 Å². The normalized spacial score (nSPS) is 21.0. The number of aromatic nitrogens is 1. The topological polar surface area (TPSA) is 60.2 Å². The van der Waals surface area contributed by atoms with Crippen LogP contribution in [-0.2, 0) is 0 Å². The van der Waals surface area contributed by atoms with Crippen LogP contribution < -0.4 is 15.8 Å². The molecule has 2 heterocycles. The van der Waals surface area contributed by atoms with Crippen molar-refractivity contribution in [2.45, 2.75) is 6.04 Å². The number of rotatable bonds is 0. The minimum absolute atomic E-state index is 0.260. The first-order valence-electron chi connectivity index (χ1n) is 3.91. The van der Waals surface area contributed by atoms with Gasteiger partial charge in [0, 0.05) is 6.20 Å². The number of nitrogens with two attached hydrogens (primary N) is 1. The molecule has 3 N–H and O–H groups in total. The molecular weight excluding hydrogens is 186 g/mol. The molecule has 1 aliphatic rings. The van der Waals surface area contributed by atoms with E-state index in [4.69, 9.17) is 22.7 Å². The van der Waals surface area contributed by atoms with Crippen LogP contribution in [0.25, 0.3) is 0 Å². The molecule has 5 heteroatoms. The molecule has 0 fully saturated rings. The largest absolute Gasteiger partial charge is 0.488 e. The van der Waals surface area contributed by atoms with Crippen LogP contribution in [0, 0.1) is 0 Å². The summed E-state index contributed by atoms with van der Waals surface area (Å²) in [7, 11) is 0. The number of pyridine rings is 1. The average Bonchev–Trinajstić information content (AvgIpc) is 2.28. The van der Waals surface area contributed by atoms with Crippen LogP contribution in [0.4, 0.5) is 5.82 Å². The molecule has 4 nitrogen and oxygen atoms in total. The van der Waals surface area contributed by atoms with Crippen molar-refractivity contribution in [2.24, 2.45) is 5.73 Å². The minimum Gasteiger partial charge on any atom is -0.488 e. The van der Waals surface area contributed by atoms with Gasteiger partial charge in [0.15, 0.2) is 11.6 Å². The van der Waals surface area contributed by atoms with Crippen molar-refractivity contribution in [3.63, 3.8) is 0 Å². The average molecular weight is 195 g/mol. The van der Waals surface area contributed by atoms with E-state index < -0.39 is 0 Å². The summed E-state index contributed by atoms with van der Waals surface area (Å²) in [6.07, 6.45) is 1.68. The molecule has 0 amide bonds. The van der Waals surface area contributed by atoms with Crippen LogP contribution in [0.15, 0.2) is 18.3 Å². The molecule has 0 unspecified atom stereocenters. The third-order valence-corrected chi connectivity index (χ3v) is 2.17. The monoisotopic (exact) mass is 195 g/mol. The lowest BCUT2D eigenvalue weighted by atomic mass is 10.3. The standard InChI is InChI=1S/C8H9N3OS/c9-5-4-12-6-2-1-3-10-7(6)11-8(5)13/h1-3,5H,4,9H2,(H,10,11,13)/t5-/m0/s1. The Morgan fingerprint density at radius 3 is 3.38 bits per heavy atom. The van der Waals surface area contributed by atoms with E-state index in [9.17, 15) is 0 Å². The van der Waals surface area contributed by atoms with Gasteiger partial charge in [-0.05, 0) is 12.1 Å². The Labute approximate surface area is 81.1 Å². The van der Waals surface area contributed by atoms with Gasteiger partial charge in [-0.2, -0.15) is 0 Å². The van der Waals surface area contributed by atoms with Crippen molar-refractivity contribution >= 4 is 23.0 Å². The second-order valence-electron chi connectivity index (χ2n) is 2.76. The molecule has 0 aliphatic carbocycles. The van der Waals surface area contributed by atoms with Gasteiger partial charge < -0.3 is 15.8 Å². The van der Waals surface area contributed by atoms with E-state index in [0.29, 0.717) is 23.2 Å². The molecular formula is C8H9N3OS. The SMILES string of the molecule is N[C@H]1COc2cccnc2NC1=S. The summed E-state index contributed by atoms with van der Waals surface area (Å²) >= 11 is 5.04. The van der Waals surface area contributed by atoms with Gasteiger partial charge in [-0.1, -0.05) is 12.2 Å². The number of nitrogens with zero attached hydrogens (tertiary/aromatic N) is 1. The minimum atomic E-state index is -0.260. The predicted molar refractivity (Wildman–Crippen MR) is 53.9 cm³/mol. The molecule has 1 aromatic rings. The molecule has 1 aliphatic heterocycles. The summed E-state index contributed by atoms with van der Waals surface area (Å²) in [6.45, 7) is 0.393. The van der Waals surface area contributed by atoms with Gasteiger partial charge in [-0.25, -0.2) is 4.98 Å². The van der Waals surface area contributed by atoms with Gasteiger partial charge in [-0.15, -0.1) is 0 Å². The molecule has 0 saturated heterocycles. The maximum Gasteiger partial charge on any atom is 0.173 e. The second-order valence-corrected chi connectivity index (χ2v) is 3.20. The lowest BCUT2D eigenvalue weighted by Gasteiger charge is -2.07. The predicted octanol–water partition coefficient (Wildman–Crippen LogP) is 0.541. The van der Waals surface area contributed by atoms with E-state index in [1.165, 1.54) is 0 Å². The number of fused-ring (bicyclic) bond motifs is 1. The first-order valence-corrected chi connectivity index (χ1v) is 4.32. The van der Waals surface area contributed by atoms with Crippen molar-refractivity contribution in [1.82, 2.24) is 4.98 Å². The number of ether oxygens (including phenoxy) is 1. The van der Waals surface area contributed by atoms with E-state index in [1.807, 2.05) is 6.07 Å². The summed E-state index contributed by atoms with van der Waals surface area (Å²) in [5.41, 5.74) is 5.70. The third-order valence-electron chi connectivity index (χ3n) is 1.77. The number of hydrogen-bond donors (Lipinski definition) is 2. The van der Waals surface area contributed by atoms with Gasteiger partial charge in [0.25, 0.3) is 0 Å². The first-order chi connectivity index (χ1) is 6.27. The van der Waals surface area contributed by atoms with E-state index in [1.54, 1.807) is 12.3 Å². The van der Waals surface area contributed by atoms with Crippen molar-refractivity contribution in [3.05, 3.63) is 18.3 Å². The zero-order chi connectivity index (χ0) is 9.26. The summed E-state index contributed by atoms with van der Waals surface area (Å²) < 4.78 is 5.39. The van der Waals surface area contributed by atoms with Crippen LogP contribution in [-0.4, -0.2) is 22.6 Å². The number of nitrogens with one attached hydrogen (secondary N) is 1. The smallest absolute Gasteiger partial charge is 0.173 e. The zero-order valence-corrected chi connectivity index (χ0v) is 7.67. The Hall–Kier alpha value is -1.20. The number of hydrogen-bond acceptors (Lipinski definition) is 4. The maximum absolute atomic E-state index is 5.70. The highest BCUT2D eigenvalue weighted by Crippen LogP contribution is 2.23. The molecule has 1 atom stereocenters. The van der Waals surface area contributed by atoms with E-state index in [-0.39, 0.29) is 6.04 Å². The van der Waals surface area contributed by atoms with Gasteiger partial charge in [0.05, 0.1) is 6.04 Å². The Morgan fingerprint density at radius 2 is 2.54 bits per heavy atom. The fourth-order valence-electron chi connectivity index (χ4n) is 1.07. The van der Waals surface area contributed by atoms with Crippen molar-refractivity contribution in [3.8, 4) is 5.75 Å². The van der Waals surface area contributed by atoms with E-state index >= 15 is 0 Å². The molecule has 68 valence electrons. The van der Waals surface area contributed by atoms with Crippen molar-refractivity contribution in [1.29, 1.82) is 0 Å². The lowest BCUT2D eigenvalue weighted by Crippen LogP contribution is -2.37. The van der Waals surface area contributed by atoms with Gasteiger partial charge in [0.2, 0.25) is 0 Å². The van der Waals surface area contributed by atoms with Crippen LogP contribution in [0.5, 0.6) is 5.75 Å². The summed E-state index contributed by atoms with van der Waals surface area (Å²) in [5, 5.41) is 2.94. The summed E-state index contributed by atoms with van der Waals surface area (Å²) in [4.78, 5) is 4.65. The Bertz CT molecular complexity index is 342. The highest BCUT2D eigenvalue weighted by atomic mass is 32.1. The summed E-state index contributed by atoms with van der Waals surface area (Å²) in [6, 6.07) is 3.38. The van der Waals surface area contributed by atoms with Crippen LogP contribution >= 0.6 is 12.2 Å². The maximum atomic E-state index is 5.70. The van der Waals surface area contributed by atoms with Crippen LogP contribution in [0.3, 0.4) is 0 Å². The van der Waals surface area contributed by atoms with Crippen molar-refractivity contribution in [2.75, 3.05) is 11.9 Å². The fraction of sp³-hybridized carbons (Fsp3) is 0.250. The Balaban J connectivity index is 2.35. The Morgan fingerprint density at radius 1 is 1.69 bits per heavy atom. The molecule has 0 radical (unpaired) electrons. The highest BCUT2D eigenvalue weighted by Gasteiger charge is 2.18. The second kappa shape index (κ2) is 3.27. The van der Waals surface area contributed by atoms with Crippen molar-refractivity contribution < 1.29 is 4.74 Å². The van der Waals surface area contributed by atoms with Gasteiger partial charge >= 0.3 is 0 Å². The fourth-order valence-corrected chi connectivity index (χ4v) is 1.23. The number of thiocarbonyl (C=S) groups is 1. The molecule has 1 aromatic heterocycles. The summed E-state index contributed by atoms with van der Waals surface area (Å²) in [5.74, 6) is 1.33. The number of anilines is 1. The van der Waals surface area contributed by atoms with Gasteiger partial charge in [0.1, 0.15) is 11.6 Å². The molecule has 13 heavy (non-hydrogen) atoms. The molecule has 0 spiro atoms. The molecule has 2 rings (SSSR count). The van der Waals surface area contributed by atoms with E-state index in [2.05, 4.69) is 10.3 Å². The third kappa shape index (κ3) is 1.61. The highest BCUT2D eigenvalue weighted by molar-refractivity contribution is 7.80. The Kier molecular flexibility index (Phi) is 2.12. The molecule has 0 bridgehead atoms. The lowest BCUT2D eigenvalue weighted by molar-refractivity contribution is 0.317. The molecule has 0 saturated carbocycles. The van der Waals surface area contributed by atoms with Gasteiger partial charge in [-0.3, -0.25) is 0 Å². The first kappa shape index (κ1) is 8.40. The molecule has 0 aromatic carbocycles. The van der Waals surface area contributed by atoms with Crippen LogP contribution in [0.2, 0.25) is 0 Å². The quantitative estimate of drug-likeness (QED) is 0.592.